The summed E-state index contributed by atoms with van der Waals surface area (Å²) in [6.45, 7) is 3.79. The van der Waals surface area contributed by atoms with Gasteiger partial charge in [0.25, 0.3) is 0 Å². The van der Waals surface area contributed by atoms with Gasteiger partial charge in [-0.15, -0.1) is 0 Å². The van der Waals surface area contributed by atoms with Gasteiger partial charge in [-0.1, -0.05) is 165 Å². The number of aliphatic hydroxyl groups is 1. The fraction of sp³-hybridized carbons (Fsp3) is 0.732. The van der Waals surface area contributed by atoms with Crippen molar-refractivity contribution < 1.29 is 24.6 Å². The third kappa shape index (κ3) is 30.1. The van der Waals surface area contributed by atoms with Crippen LogP contribution < -0.4 is 0 Å². The highest BCUT2D eigenvalue weighted by Crippen LogP contribution is 2.27. The molecule has 0 heterocycles. The Hall–Kier alpha value is -2.04. The van der Waals surface area contributed by atoms with Crippen LogP contribution in [0.15, 0.2) is 48.6 Å². The van der Waals surface area contributed by atoms with Crippen LogP contribution in [0, 0.1) is 0 Å². The number of nitrogens with zero attached hydrogens (tertiary/aromatic N) is 1. The largest absolute Gasteiger partial charge is 0.480 e. The number of rotatable bonds is 35. The molecule has 48 heavy (non-hydrogen) atoms. The molecule has 0 aromatic heterocycles. The Morgan fingerprint density at radius 1 is 0.542 bits per heavy atom. The van der Waals surface area contributed by atoms with Crippen LogP contribution in [0.1, 0.15) is 181 Å². The average molecular weight is 690 g/mol. The van der Waals surface area contributed by atoms with Crippen molar-refractivity contribution >= 4 is 26.1 Å². The van der Waals surface area contributed by atoms with Crippen molar-refractivity contribution in [1.82, 2.24) is 4.67 Å². The van der Waals surface area contributed by atoms with Gasteiger partial charge in [-0.05, 0) is 51.4 Å². The van der Waals surface area contributed by atoms with E-state index in [1.165, 1.54) is 96.3 Å². The summed E-state index contributed by atoms with van der Waals surface area (Å²) in [5.74, 6) is -1.62. The smallest absolute Gasteiger partial charge is 0.329 e. The van der Waals surface area contributed by atoms with Crippen LogP contribution in [0.4, 0.5) is 0 Å². The molecule has 2 atom stereocenters. The molecule has 0 aromatic rings. The Morgan fingerprint density at radius 3 is 1.38 bits per heavy atom. The molecule has 0 aromatic carbocycles. The van der Waals surface area contributed by atoms with Gasteiger partial charge in [0.15, 0.2) is 11.6 Å². The summed E-state index contributed by atoms with van der Waals surface area (Å²) < 4.78 is 1.10. The summed E-state index contributed by atoms with van der Waals surface area (Å²) in [7, 11) is -0.563. The first kappa shape index (κ1) is 46.0. The van der Waals surface area contributed by atoms with Crippen molar-refractivity contribution in [2.24, 2.45) is 0 Å². The van der Waals surface area contributed by atoms with E-state index < -0.39 is 27.3 Å². The molecule has 0 fully saturated rings. The van der Waals surface area contributed by atoms with Gasteiger partial charge in [0, 0.05) is 12.8 Å². The zero-order valence-electron chi connectivity index (χ0n) is 30.9. The van der Waals surface area contributed by atoms with Crippen molar-refractivity contribution in [2.45, 2.75) is 187 Å². The third-order valence-corrected chi connectivity index (χ3v) is 9.81. The molecule has 0 saturated heterocycles. The first-order chi connectivity index (χ1) is 23.5. The van der Waals surface area contributed by atoms with E-state index in [1.54, 1.807) is 0 Å². The summed E-state index contributed by atoms with van der Waals surface area (Å²) in [6.07, 6.45) is 45.5. The highest BCUT2D eigenvalue weighted by molar-refractivity contribution is 7.56. The van der Waals surface area contributed by atoms with Crippen molar-refractivity contribution in [2.75, 3.05) is 6.61 Å². The predicted octanol–water partition coefficient (Wildman–Crippen LogP) is 11.8. The number of unbranched alkanes of at least 4 members (excludes halogenated alkanes) is 18. The van der Waals surface area contributed by atoms with E-state index in [1.807, 2.05) is 0 Å². The van der Waals surface area contributed by atoms with Gasteiger partial charge in [-0.3, -0.25) is 9.59 Å². The van der Waals surface area contributed by atoms with Crippen molar-refractivity contribution in [3.8, 4) is 0 Å². The maximum absolute atomic E-state index is 12.9. The molecule has 0 rings (SSSR count). The van der Waals surface area contributed by atoms with Gasteiger partial charge in [-0.2, -0.15) is 0 Å². The van der Waals surface area contributed by atoms with E-state index >= 15 is 0 Å². The van der Waals surface area contributed by atoms with E-state index in [0.29, 0.717) is 12.8 Å². The van der Waals surface area contributed by atoms with E-state index in [-0.39, 0.29) is 24.3 Å². The van der Waals surface area contributed by atoms with Gasteiger partial charge in [-0.25, -0.2) is 4.79 Å². The van der Waals surface area contributed by atoms with Crippen molar-refractivity contribution in [1.29, 1.82) is 0 Å². The van der Waals surface area contributed by atoms with Crippen molar-refractivity contribution in [3.05, 3.63) is 48.6 Å². The van der Waals surface area contributed by atoms with Crippen molar-refractivity contribution in [3.63, 3.8) is 0 Å². The molecular weight excluding hydrogens is 617 g/mol. The van der Waals surface area contributed by atoms with E-state index in [4.69, 9.17) is 0 Å². The lowest BCUT2D eigenvalue weighted by Gasteiger charge is -2.27. The van der Waals surface area contributed by atoms with Crippen LogP contribution in [-0.4, -0.2) is 44.9 Å². The van der Waals surface area contributed by atoms with Gasteiger partial charge in [0.2, 0.25) is 5.91 Å². The van der Waals surface area contributed by atoms with E-state index in [9.17, 15) is 24.6 Å². The molecule has 7 heteroatoms. The molecule has 0 aliphatic heterocycles. The number of amides is 1. The van der Waals surface area contributed by atoms with Crippen LogP contribution in [0.2, 0.25) is 0 Å². The maximum atomic E-state index is 12.9. The quantitative estimate of drug-likeness (QED) is 0.0392. The number of carbonyl (C=O) groups is 3. The van der Waals surface area contributed by atoms with Crippen LogP contribution in [0.25, 0.3) is 0 Å². The topological polar surface area (TPSA) is 94.9 Å². The number of hydrogen-bond acceptors (Lipinski definition) is 4. The third-order valence-electron chi connectivity index (χ3n) is 8.51. The first-order valence-corrected chi connectivity index (χ1v) is 20.5. The van der Waals surface area contributed by atoms with Crippen LogP contribution in [0.5, 0.6) is 0 Å². The van der Waals surface area contributed by atoms with E-state index in [0.717, 1.165) is 49.6 Å². The molecule has 2 N–H and O–H groups in total. The SMILES string of the molecule is CCCCCC=CCC=CCC=CCC=CCCCC(=O)PN(C(=O)CCCCCCCCCCCCCCCCC)[C@@H](CO)C(=O)O. The number of carbonyl (C=O) groups excluding carboxylic acids is 2. The molecule has 0 bridgehead atoms. The number of allylic oxidation sites excluding steroid dienone is 8. The molecule has 0 saturated carbocycles. The monoisotopic (exact) mass is 690 g/mol. The van der Waals surface area contributed by atoms with Crippen LogP contribution in [-0.2, 0) is 14.4 Å². The number of hydrogen-bond donors (Lipinski definition) is 2. The number of carboxylic acids is 1. The summed E-state index contributed by atoms with van der Waals surface area (Å²) in [5, 5.41) is 19.2. The minimum Gasteiger partial charge on any atom is -0.480 e. The van der Waals surface area contributed by atoms with Gasteiger partial charge >= 0.3 is 5.97 Å². The Morgan fingerprint density at radius 2 is 0.938 bits per heavy atom. The normalized spacial score (nSPS) is 12.9. The predicted molar refractivity (Wildman–Crippen MR) is 207 cm³/mol. The molecular formula is C41H72NO5P. The number of aliphatic carboxylic acids is 1. The molecule has 6 nitrogen and oxygen atoms in total. The fourth-order valence-electron chi connectivity index (χ4n) is 5.48. The Kier molecular flexibility index (Phi) is 34.7. The molecule has 1 unspecified atom stereocenters. The summed E-state index contributed by atoms with van der Waals surface area (Å²) >= 11 is 0. The zero-order valence-corrected chi connectivity index (χ0v) is 31.9. The second-order valence-electron chi connectivity index (χ2n) is 13.0. The van der Waals surface area contributed by atoms with Gasteiger partial charge < -0.3 is 14.9 Å². The lowest BCUT2D eigenvalue weighted by molar-refractivity contribution is -0.147. The molecule has 276 valence electrons. The Labute approximate surface area is 296 Å². The molecule has 0 radical (unpaired) electrons. The molecule has 0 aliphatic carbocycles. The lowest BCUT2D eigenvalue weighted by Crippen LogP contribution is -2.43. The lowest BCUT2D eigenvalue weighted by atomic mass is 10.0. The number of carboxylic acid groups (broad SMARTS) is 1. The molecule has 1 amide bonds. The summed E-state index contributed by atoms with van der Waals surface area (Å²) in [5.41, 5.74) is -0.143. The zero-order chi connectivity index (χ0) is 35.3. The first-order valence-electron chi connectivity index (χ1n) is 19.5. The van der Waals surface area contributed by atoms with Gasteiger partial charge in [0.05, 0.1) is 15.3 Å². The summed E-state index contributed by atoms with van der Waals surface area (Å²) in [4.78, 5) is 37.3. The second kappa shape index (κ2) is 36.2. The number of aliphatic hydroxyl groups excluding tert-OH is 1. The summed E-state index contributed by atoms with van der Waals surface area (Å²) in [6, 6.07) is -1.37. The molecule has 0 spiro atoms. The standard InChI is InChI=1S/C41H72NO5P/c1-3-5-7-9-11-13-15-17-19-20-22-24-26-28-30-32-34-36-40(45)48-42(38(37-43)41(46)47)39(44)35-33-31-29-27-25-23-21-18-16-14-12-10-8-6-4-2/h11,13,17,19,22,24,28,30,38,43,48H,3-10,12,14-16,18,20-21,23,25-27,29,31-37H2,1-2H3,(H,46,47)/t38-/m0/s1. The Balaban J connectivity index is 4.15. The second-order valence-corrected chi connectivity index (χ2v) is 14.3. The van der Waals surface area contributed by atoms with Crippen LogP contribution >= 0.6 is 8.73 Å². The fourth-order valence-corrected chi connectivity index (χ4v) is 6.63. The van der Waals surface area contributed by atoms with Crippen LogP contribution in [0.3, 0.4) is 0 Å². The average Bonchev–Trinajstić information content (AvgIpc) is 3.07. The minimum atomic E-state index is -1.37. The van der Waals surface area contributed by atoms with Gasteiger partial charge in [0.1, 0.15) is 0 Å². The minimum absolute atomic E-state index is 0.143. The highest BCUT2D eigenvalue weighted by atomic mass is 31.1. The van der Waals surface area contributed by atoms with E-state index in [2.05, 4.69) is 62.5 Å². The Bertz CT molecular complexity index is 897. The molecule has 0 aliphatic rings. The maximum Gasteiger partial charge on any atom is 0.329 e. The highest BCUT2D eigenvalue weighted by Gasteiger charge is 2.30.